The second-order valence-corrected chi connectivity index (χ2v) is 2.97. The average Bonchev–Trinajstić information content (AvgIpc) is 1.98. The molecule has 0 aliphatic carbocycles. The van der Waals surface area contributed by atoms with Gasteiger partial charge >= 0.3 is 0 Å². The molecule has 0 aromatic rings. The van der Waals surface area contributed by atoms with E-state index in [1.165, 1.54) is 0 Å². The summed E-state index contributed by atoms with van der Waals surface area (Å²) in [4.78, 5) is 8.48. The third-order valence-corrected chi connectivity index (χ3v) is 1.30. The van der Waals surface area contributed by atoms with Crippen molar-refractivity contribution in [2.75, 3.05) is 0 Å². The molecule has 0 saturated carbocycles. The summed E-state index contributed by atoms with van der Waals surface area (Å²) in [6.45, 7) is 11.9. The number of allylic oxidation sites excluding steroid dienone is 1. The van der Waals surface area contributed by atoms with Gasteiger partial charge in [0.2, 0.25) is 0 Å². The largest absolute Gasteiger partial charge is 0.285 e. The Morgan fingerprint density at radius 1 is 1.50 bits per heavy atom. The molecule has 2 heteroatoms. The predicted molar refractivity (Wildman–Crippen MR) is 56.2 cm³/mol. The highest BCUT2D eigenvalue weighted by molar-refractivity contribution is 5.98. The average molecular weight is 166 g/mol. The van der Waals surface area contributed by atoms with Crippen LogP contribution in [0.3, 0.4) is 0 Å². The van der Waals surface area contributed by atoms with Gasteiger partial charge in [0, 0.05) is 12.3 Å². The Balaban J connectivity index is 4.19. The molecule has 0 bridgehead atoms. The zero-order valence-corrected chi connectivity index (χ0v) is 8.46. The minimum atomic E-state index is 0.318. The fraction of sp³-hybridized carbons (Fsp3) is 0.600. The van der Waals surface area contributed by atoms with E-state index < -0.39 is 0 Å². The Hall–Kier alpha value is -0.920. The van der Waals surface area contributed by atoms with E-state index in [0.717, 1.165) is 17.8 Å². The van der Waals surface area contributed by atoms with Crippen molar-refractivity contribution >= 4 is 11.9 Å². The maximum Gasteiger partial charge on any atom is 0.0761 e. The van der Waals surface area contributed by atoms with Crippen LogP contribution in [0.2, 0.25) is 0 Å². The molecule has 0 rings (SSSR count). The van der Waals surface area contributed by atoms with E-state index in [-0.39, 0.29) is 0 Å². The Morgan fingerprint density at radius 2 is 2.08 bits per heavy atom. The zero-order chi connectivity index (χ0) is 9.56. The SMILES string of the molecule is C=C(N=CCC)C(C)=NC(C)C. The highest BCUT2D eigenvalue weighted by atomic mass is 14.8. The van der Waals surface area contributed by atoms with Gasteiger partial charge in [-0.2, -0.15) is 0 Å². The van der Waals surface area contributed by atoms with Crippen molar-refractivity contribution in [3.63, 3.8) is 0 Å². The summed E-state index contributed by atoms with van der Waals surface area (Å²) in [7, 11) is 0. The fourth-order valence-corrected chi connectivity index (χ4v) is 0.757. The van der Waals surface area contributed by atoms with Gasteiger partial charge in [0.1, 0.15) is 0 Å². The molecule has 0 fully saturated rings. The molecule has 0 radical (unpaired) electrons. The van der Waals surface area contributed by atoms with Crippen molar-refractivity contribution < 1.29 is 0 Å². The molecule has 0 heterocycles. The molecule has 0 N–H and O–H groups in total. The summed E-state index contributed by atoms with van der Waals surface area (Å²) in [5.74, 6) is 0. The summed E-state index contributed by atoms with van der Waals surface area (Å²) in [5.41, 5.74) is 1.69. The first-order chi connectivity index (χ1) is 5.57. The van der Waals surface area contributed by atoms with Crippen LogP contribution in [0.4, 0.5) is 0 Å². The van der Waals surface area contributed by atoms with Crippen LogP contribution >= 0.6 is 0 Å². The lowest BCUT2D eigenvalue weighted by Crippen LogP contribution is -1.99. The summed E-state index contributed by atoms with van der Waals surface area (Å²) in [5, 5.41) is 0. The third kappa shape index (κ3) is 4.83. The van der Waals surface area contributed by atoms with Gasteiger partial charge in [-0.25, -0.2) is 0 Å². The first-order valence-electron chi connectivity index (χ1n) is 4.34. The number of aliphatic imine (C=N–C) groups is 2. The fourth-order valence-electron chi connectivity index (χ4n) is 0.757. The van der Waals surface area contributed by atoms with Crippen LogP contribution in [0.1, 0.15) is 34.1 Å². The van der Waals surface area contributed by atoms with Crippen LogP contribution in [0.25, 0.3) is 0 Å². The van der Waals surface area contributed by atoms with Gasteiger partial charge in [-0.3, -0.25) is 9.98 Å². The first kappa shape index (κ1) is 11.1. The summed E-state index contributed by atoms with van der Waals surface area (Å²) in [6, 6.07) is 0.318. The summed E-state index contributed by atoms with van der Waals surface area (Å²) >= 11 is 0. The van der Waals surface area contributed by atoms with Crippen molar-refractivity contribution in [2.24, 2.45) is 9.98 Å². The monoisotopic (exact) mass is 166 g/mol. The molecule has 0 amide bonds. The predicted octanol–water partition coefficient (Wildman–Crippen LogP) is 2.85. The van der Waals surface area contributed by atoms with E-state index in [4.69, 9.17) is 0 Å². The molecule has 0 saturated heterocycles. The lowest BCUT2D eigenvalue weighted by Gasteiger charge is -2.01. The smallest absolute Gasteiger partial charge is 0.0761 e. The van der Waals surface area contributed by atoms with Gasteiger partial charge in [0.15, 0.2) is 0 Å². The highest BCUT2D eigenvalue weighted by Crippen LogP contribution is 1.99. The van der Waals surface area contributed by atoms with Crippen molar-refractivity contribution in [1.82, 2.24) is 0 Å². The molecule has 0 aromatic heterocycles. The lowest BCUT2D eigenvalue weighted by molar-refractivity contribution is 0.834. The lowest BCUT2D eigenvalue weighted by atomic mass is 10.3. The molecule has 0 aromatic carbocycles. The summed E-state index contributed by atoms with van der Waals surface area (Å²) < 4.78 is 0. The second kappa shape index (κ2) is 5.70. The number of rotatable bonds is 4. The van der Waals surface area contributed by atoms with E-state index in [9.17, 15) is 0 Å². The molecule has 12 heavy (non-hydrogen) atoms. The minimum Gasteiger partial charge on any atom is -0.285 e. The highest BCUT2D eigenvalue weighted by Gasteiger charge is 1.95. The Kier molecular flexibility index (Phi) is 5.26. The van der Waals surface area contributed by atoms with Gasteiger partial charge in [-0.1, -0.05) is 13.5 Å². The number of hydrogen-bond acceptors (Lipinski definition) is 2. The topological polar surface area (TPSA) is 24.7 Å². The standard InChI is InChI=1S/C10H18N2/c1-6-7-11-9(4)10(5)12-8(2)3/h7-8H,4,6H2,1-3,5H3. The molecular weight excluding hydrogens is 148 g/mol. The van der Waals surface area contributed by atoms with Crippen LogP contribution in [-0.4, -0.2) is 18.0 Å². The molecule has 68 valence electrons. The molecule has 0 aliphatic rings. The zero-order valence-electron chi connectivity index (χ0n) is 8.46. The molecule has 0 aliphatic heterocycles. The van der Waals surface area contributed by atoms with Crippen LogP contribution in [0.5, 0.6) is 0 Å². The van der Waals surface area contributed by atoms with Crippen molar-refractivity contribution in [1.29, 1.82) is 0 Å². The van der Waals surface area contributed by atoms with E-state index in [1.54, 1.807) is 0 Å². The number of hydrogen-bond donors (Lipinski definition) is 0. The minimum absolute atomic E-state index is 0.318. The molecular formula is C10H18N2. The van der Waals surface area contributed by atoms with Crippen molar-refractivity contribution in [2.45, 2.75) is 40.2 Å². The van der Waals surface area contributed by atoms with E-state index >= 15 is 0 Å². The molecule has 0 spiro atoms. The normalized spacial score (nSPS) is 12.9. The van der Waals surface area contributed by atoms with Gasteiger partial charge in [0.05, 0.1) is 11.4 Å². The number of nitrogens with zero attached hydrogens (tertiary/aromatic N) is 2. The van der Waals surface area contributed by atoms with E-state index in [2.05, 4.69) is 16.6 Å². The van der Waals surface area contributed by atoms with Gasteiger partial charge < -0.3 is 0 Å². The van der Waals surface area contributed by atoms with Crippen LogP contribution < -0.4 is 0 Å². The quantitative estimate of drug-likeness (QED) is 0.574. The Morgan fingerprint density at radius 3 is 2.50 bits per heavy atom. The second-order valence-electron chi connectivity index (χ2n) is 2.97. The molecule has 0 unspecified atom stereocenters. The van der Waals surface area contributed by atoms with Crippen LogP contribution in [0, 0.1) is 0 Å². The maximum atomic E-state index is 4.33. The van der Waals surface area contributed by atoms with Crippen LogP contribution in [-0.2, 0) is 0 Å². The van der Waals surface area contributed by atoms with Gasteiger partial charge in [-0.15, -0.1) is 0 Å². The van der Waals surface area contributed by atoms with Crippen molar-refractivity contribution in [3.05, 3.63) is 12.3 Å². The molecule has 2 nitrogen and oxygen atoms in total. The Bertz CT molecular complexity index is 200. The summed E-state index contributed by atoms with van der Waals surface area (Å²) in [6.07, 6.45) is 2.79. The molecule has 0 atom stereocenters. The van der Waals surface area contributed by atoms with Crippen molar-refractivity contribution in [3.8, 4) is 0 Å². The van der Waals surface area contributed by atoms with E-state index in [1.807, 2.05) is 33.9 Å². The van der Waals surface area contributed by atoms with Gasteiger partial charge in [-0.05, 0) is 27.2 Å². The maximum absolute atomic E-state index is 4.33. The Labute approximate surface area is 75.1 Å². The third-order valence-electron chi connectivity index (χ3n) is 1.30. The van der Waals surface area contributed by atoms with E-state index in [0.29, 0.717) is 6.04 Å². The first-order valence-corrected chi connectivity index (χ1v) is 4.34. The van der Waals surface area contributed by atoms with Crippen LogP contribution in [0.15, 0.2) is 22.3 Å². The van der Waals surface area contributed by atoms with Gasteiger partial charge in [0.25, 0.3) is 0 Å².